The predicted octanol–water partition coefficient (Wildman–Crippen LogP) is 3.35. The fraction of sp³-hybridized carbons (Fsp3) is 0.846. The molecule has 3 unspecified atom stereocenters. The van der Waals surface area contributed by atoms with E-state index in [0.717, 1.165) is 19.4 Å². The molecule has 0 saturated carbocycles. The third-order valence-corrected chi connectivity index (χ3v) is 3.71. The van der Waals surface area contributed by atoms with E-state index in [-0.39, 0.29) is 43.6 Å². The van der Waals surface area contributed by atoms with Crippen molar-refractivity contribution < 1.29 is 37.4 Å². The Labute approximate surface area is 128 Å². The Kier molecular flexibility index (Phi) is 6.79. The molecular formula is C13H23BOY-2. The fourth-order valence-electron chi connectivity index (χ4n) is 2.98. The molecule has 1 aliphatic heterocycles. The van der Waals surface area contributed by atoms with Gasteiger partial charge in [0, 0.05) is 39.3 Å². The van der Waals surface area contributed by atoms with Crippen LogP contribution >= 0.6 is 0 Å². The van der Waals surface area contributed by atoms with Gasteiger partial charge in [-0.1, -0.05) is 25.6 Å². The van der Waals surface area contributed by atoms with Gasteiger partial charge in [-0.05, 0) is 12.3 Å². The third-order valence-electron chi connectivity index (χ3n) is 3.71. The zero-order chi connectivity index (χ0) is 11.7. The van der Waals surface area contributed by atoms with Crippen molar-refractivity contribution in [1.82, 2.24) is 0 Å². The molecule has 1 fully saturated rings. The third kappa shape index (κ3) is 3.12. The number of rotatable bonds is 2. The molecule has 0 N–H and O–H groups in total. The number of hydrogen-bond donors (Lipinski definition) is 0. The molecule has 1 heterocycles. The molecule has 3 radical (unpaired) electrons. The maximum atomic E-state index is 6.48. The second-order valence-corrected chi connectivity index (χ2v) is 5.39. The predicted molar refractivity (Wildman–Crippen MR) is 65.8 cm³/mol. The van der Waals surface area contributed by atoms with Crippen LogP contribution in [0.25, 0.3) is 0 Å². The smallest absolute Gasteiger partial charge is 0.0709 e. The van der Waals surface area contributed by atoms with E-state index in [2.05, 4.69) is 34.1 Å². The van der Waals surface area contributed by atoms with Crippen LogP contribution in [0, 0.1) is 18.3 Å². The summed E-state index contributed by atoms with van der Waals surface area (Å²) in [5.74, 6) is 1.89. The zero-order valence-electron chi connectivity index (χ0n) is 11.3. The Morgan fingerprint density at radius 2 is 2.00 bits per heavy atom. The first-order valence-electron chi connectivity index (χ1n) is 5.89. The summed E-state index contributed by atoms with van der Waals surface area (Å²) in [6, 6.07) is 0. The Hall–Kier alpha value is 1.13. The van der Waals surface area contributed by atoms with E-state index in [0.29, 0.717) is 5.92 Å². The first-order chi connectivity index (χ1) is 6.85. The second kappa shape index (κ2) is 6.34. The molecule has 3 atom stereocenters. The van der Waals surface area contributed by atoms with Crippen LogP contribution in [-0.2, 0) is 37.4 Å². The quantitative estimate of drug-likeness (QED) is 0.561. The van der Waals surface area contributed by atoms with Crippen molar-refractivity contribution in [2.45, 2.75) is 58.4 Å². The minimum Gasteiger partial charge on any atom is -0.437 e. The minimum atomic E-state index is -0.349. The van der Waals surface area contributed by atoms with Gasteiger partial charge in [-0.15, -0.1) is 0 Å². The van der Waals surface area contributed by atoms with Crippen molar-refractivity contribution in [3.8, 4) is 0 Å². The summed E-state index contributed by atoms with van der Waals surface area (Å²) >= 11 is 0. The number of ether oxygens (including phenoxy) is 1. The van der Waals surface area contributed by atoms with Gasteiger partial charge in [-0.2, -0.15) is 26.4 Å². The van der Waals surface area contributed by atoms with Crippen molar-refractivity contribution in [3.63, 3.8) is 0 Å². The van der Waals surface area contributed by atoms with E-state index in [1.807, 2.05) is 6.92 Å². The Balaban J connectivity index is 0.00000225. The minimum absolute atomic E-state index is 0. The van der Waals surface area contributed by atoms with Crippen LogP contribution in [0.1, 0.15) is 47.5 Å². The van der Waals surface area contributed by atoms with E-state index in [9.17, 15) is 0 Å². The van der Waals surface area contributed by atoms with Crippen LogP contribution in [0.15, 0.2) is 0 Å². The summed E-state index contributed by atoms with van der Waals surface area (Å²) < 4.78 is 6.07. The van der Waals surface area contributed by atoms with E-state index in [1.54, 1.807) is 0 Å². The first kappa shape index (κ1) is 17.1. The van der Waals surface area contributed by atoms with Gasteiger partial charge in [0.1, 0.15) is 0 Å². The molecule has 89 valence electrons. The van der Waals surface area contributed by atoms with E-state index in [1.165, 1.54) is 5.92 Å². The molecule has 0 aromatic carbocycles. The first-order valence-corrected chi connectivity index (χ1v) is 5.89. The molecule has 1 aliphatic rings. The van der Waals surface area contributed by atoms with Crippen LogP contribution in [0.2, 0.25) is 5.31 Å². The fourth-order valence-corrected chi connectivity index (χ4v) is 2.98. The molecule has 0 aliphatic carbocycles. The van der Waals surface area contributed by atoms with Crippen molar-refractivity contribution in [1.29, 1.82) is 0 Å². The second-order valence-electron chi connectivity index (χ2n) is 5.39. The normalized spacial score (nSPS) is 40.2. The van der Waals surface area contributed by atoms with Gasteiger partial charge in [0.05, 0.1) is 7.85 Å². The van der Waals surface area contributed by atoms with Gasteiger partial charge in [-0.25, -0.2) is 0 Å². The molecule has 1 nitrogen and oxygen atoms in total. The van der Waals surface area contributed by atoms with Gasteiger partial charge in [0.25, 0.3) is 0 Å². The maximum absolute atomic E-state index is 6.48. The summed E-state index contributed by atoms with van der Waals surface area (Å²) in [6.45, 7) is 11.5. The maximum Gasteiger partial charge on any atom is 0.0709 e. The molecule has 0 aromatic rings. The summed E-state index contributed by atoms with van der Waals surface area (Å²) in [6.07, 6.45) is 4.25. The summed E-state index contributed by atoms with van der Waals surface area (Å²) in [7, 11) is 6.48. The molecular weight excluding hydrogens is 272 g/mol. The van der Waals surface area contributed by atoms with Gasteiger partial charge in [0.15, 0.2) is 0 Å². The Morgan fingerprint density at radius 1 is 1.44 bits per heavy atom. The average molecular weight is 295 g/mol. The molecule has 0 bridgehead atoms. The summed E-state index contributed by atoms with van der Waals surface area (Å²) in [4.78, 5) is 0. The molecule has 0 spiro atoms. The van der Waals surface area contributed by atoms with Gasteiger partial charge in [0.2, 0.25) is 0 Å². The zero-order valence-corrected chi connectivity index (χ0v) is 14.2. The summed E-state index contributed by atoms with van der Waals surface area (Å²) in [5.41, 5.74) is -0.349. The van der Waals surface area contributed by atoms with Crippen LogP contribution in [-0.4, -0.2) is 20.1 Å². The van der Waals surface area contributed by atoms with Gasteiger partial charge >= 0.3 is 0 Å². The van der Waals surface area contributed by atoms with Crippen molar-refractivity contribution in [2.75, 3.05) is 6.61 Å². The van der Waals surface area contributed by atoms with Gasteiger partial charge in [-0.3, -0.25) is 0 Å². The van der Waals surface area contributed by atoms with Gasteiger partial charge < -0.3 is 17.1 Å². The largest absolute Gasteiger partial charge is 0.437 e. The monoisotopic (exact) mass is 295 g/mol. The van der Waals surface area contributed by atoms with Crippen LogP contribution in [0.4, 0.5) is 0 Å². The SMILES string of the molecule is [B]C1(C)CC(C)CCOC1([CH-]C)[C-](C)C.[Y]. The molecule has 0 amide bonds. The molecule has 0 aromatic heterocycles. The standard InChI is InChI=1S/C13H23BO.Y/c1-6-13(10(2)3)12(5,14)9-11(4)7-8-15-13;/h6,11H,7-9H2,1-5H3;/q-2;. The Morgan fingerprint density at radius 3 is 2.44 bits per heavy atom. The molecule has 1 rings (SSSR count). The average Bonchev–Trinajstić information content (AvgIpc) is 2.20. The van der Waals surface area contributed by atoms with E-state index < -0.39 is 0 Å². The summed E-state index contributed by atoms with van der Waals surface area (Å²) in [5, 5.41) is -0.295. The van der Waals surface area contributed by atoms with E-state index >= 15 is 0 Å². The van der Waals surface area contributed by atoms with E-state index in [4.69, 9.17) is 12.6 Å². The van der Waals surface area contributed by atoms with Crippen molar-refractivity contribution in [2.24, 2.45) is 5.92 Å². The van der Waals surface area contributed by atoms with Crippen LogP contribution in [0.5, 0.6) is 0 Å². The topological polar surface area (TPSA) is 9.23 Å². The van der Waals surface area contributed by atoms with Crippen LogP contribution < -0.4 is 0 Å². The van der Waals surface area contributed by atoms with Crippen LogP contribution in [0.3, 0.4) is 0 Å². The molecule has 1 saturated heterocycles. The Bertz CT molecular complexity index is 218. The van der Waals surface area contributed by atoms with Crippen molar-refractivity contribution >= 4 is 7.85 Å². The molecule has 16 heavy (non-hydrogen) atoms. The number of hydrogen-bond acceptors (Lipinski definition) is 1. The molecule has 3 heteroatoms. The van der Waals surface area contributed by atoms with Crippen molar-refractivity contribution in [3.05, 3.63) is 12.3 Å².